The topological polar surface area (TPSA) is 81.5 Å². The Morgan fingerprint density at radius 3 is 2.94 bits per heavy atom. The first-order valence-electron chi connectivity index (χ1n) is 5.36. The first kappa shape index (κ1) is 11.4. The Morgan fingerprint density at radius 1 is 1.53 bits per heavy atom. The molecule has 0 aromatic heterocycles. The van der Waals surface area contributed by atoms with E-state index in [-0.39, 0.29) is 18.2 Å². The molecule has 2 rings (SSSR count). The number of carbonyl (C=O) groups is 1. The zero-order valence-corrected chi connectivity index (χ0v) is 9.36. The summed E-state index contributed by atoms with van der Waals surface area (Å²) in [6.07, 6.45) is 1.29. The van der Waals surface area contributed by atoms with Gasteiger partial charge < -0.3 is 10.1 Å². The maximum atomic E-state index is 11.3. The maximum absolute atomic E-state index is 11.3. The summed E-state index contributed by atoms with van der Waals surface area (Å²) in [7, 11) is 0. The van der Waals surface area contributed by atoms with Crippen LogP contribution in [0.15, 0.2) is 12.1 Å². The Bertz CT molecular complexity index is 485. The standard InChI is InChI=1S/C11H12N2O4/c1-2-3-7-8(13(15)16)4-5-9-11(7)12-10(14)6-17-9/h4-5H,2-3,6H2,1H3,(H,12,14). The summed E-state index contributed by atoms with van der Waals surface area (Å²) in [6, 6.07) is 2.94. The number of hydrogen-bond donors (Lipinski definition) is 1. The number of rotatable bonds is 3. The molecule has 0 saturated carbocycles. The van der Waals surface area contributed by atoms with Gasteiger partial charge >= 0.3 is 0 Å². The van der Waals surface area contributed by atoms with Crippen molar-refractivity contribution in [2.24, 2.45) is 0 Å². The van der Waals surface area contributed by atoms with E-state index in [0.717, 1.165) is 6.42 Å². The zero-order chi connectivity index (χ0) is 12.4. The van der Waals surface area contributed by atoms with Gasteiger partial charge in [-0.1, -0.05) is 13.3 Å². The SMILES string of the molecule is CCCc1c([N+](=O)[O-])ccc2c1NC(=O)CO2. The van der Waals surface area contributed by atoms with Crippen LogP contribution in [0, 0.1) is 10.1 Å². The lowest BCUT2D eigenvalue weighted by molar-refractivity contribution is -0.385. The van der Waals surface area contributed by atoms with Crippen LogP contribution in [0.4, 0.5) is 11.4 Å². The van der Waals surface area contributed by atoms with E-state index < -0.39 is 4.92 Å². The van der Waals surface area contributed by atoms with E-state index in [4.69, 9.17) is 4.74 Å². The van der Waals surface area contributed by atoms with E-state index in [1.165, 1.54) is 12.1 Å². The van der Waals surface area contributed by atoms with Crippen LogP contribution < -0.4 is 10.1 Å². The van der Waals surface area contributed by atoms with Gasteiger partial charge in [0.15, 0.2) is 6.61 Å². The number of nitrogens with zero attached hydrogens (tertiary/aromatic N) is 1. The fraction of sp³-hybridized carbons (Fsp3) is 0.364. The van der Waals surface area contributed by atoms with Crippen molar-refractivity contribution in [3.05, 3.63) is 27.8 Å². The molecule has 6 nitrogen and oxygen atoms in total. The smallest absolute Gasteiger partial charge is 0.274 e. The number of carbonyl (C=O) groups excluding carboxylic acids is 1. The number of nitrogens with one attached hydrogen (secondary N) is 1. The number of fused-ring (bicyclic) bond motifs is 1. The van der Waals surface area contributed by atoms with E-state index in [9.17, 15) is 14.9 Å². The van der Waals surface area contributed by atoms with Crippen molar-refractivity contribution < 1.29 is 14.5 Å². The van der Waals surface area contributed by atoms with Crippen LogP contribution in [0.3, 0.4) is 0 Å². The summed E-state index contributed by atoms with van der Waals surface area (Å²) in [5.41, 5.74) is 0.997. The first-order valence-corrected chi connectivity index (χ1v) is 5.36. The number of nitro groups is 1. The number of anilines is 1. The highest BCUT2D eigenvalue weighted by Gasteiger charge is 2.25. The highest BCUT2D eigenvalue weighted by atomic mass is 16.6. The lowest BCUT2D eigenvalue weighted by atomic mass is 10.0. The number of ether oxygens (including phenoxy) is 1. The summed E-state index contributed by atoms with van der Waals surface area (Å²) in [5.74, 6) is 0.217. The van der Waals surface area contributed by atoms with Crippen molar-refractivity contribution in [3.8, 4) is 5.75 Å². The third-order valence-electron chi connectivity index (χ3n) is 2.57. The zero-order valence-electron chi connectivity index (χ0n) is 9.36. The van der Waals surface area contributed by atoms with Crippen molar-refractivity contribution in [3.63, 3.8) is 0 Å². The highest BCUT2D eigenvalue weighted by Crippen LogP contribution is 2.37. The summed E-state index contributed by atoms with van der Waals surface area (Å²) in [6.45, 7) is 1.88. The second kappa shape index (κ2) is 4.40. The van der Waals surface area contributed by atoms with Gasteiger partial charge in [-0.25, -0.2) is 0 Å². The van der Waals surface area contributed by atoms with Crippen molar-refractivity contribution in [2.75, 3.05) is 11.9 Å². The molecule has 17 heavy (non-hydrogen) atoms. The number of amides is 1. The van der Waals surface area contributed by atoms with E-state index >= 15 is 0 Å². The average Bonchev–Trinajstić information content (AvgIpc) is 2.29. The predicted octanol–water partition coefficient (Wildman–Crippen LogP) is 1.88. The van der Waals surface area contributed by atoms with E-state index in [0.29, 0.717) is 23.4 Å². The third-order valence-corrected chi connectivity index (χ3v) is 2.57. The Balaban J connectivity index is 2.55. The molecular weight excluding hydrogens is 224 g/mol. The van der Waals surface area contributed by atoms with Crippen molar-refractivity contribution in [1.82, 2.24) is 0 Å². The number of hydrogen-bond acceptors (Lipinski definition) is 4. The number of benzene rings is 1. The molecule has 0 unspecified atom stereocenters. The molecule has 0 bridgehead atoms. The third kappa shape index (κ3) is 2.06. The fourth-order valence-corrected chi connectivity index (χ4v) is 1.87. The second-order valence-electron chi connectivity index (χ2n) is 3.78. The van der Waals surface area contributed by atoms with E-state index in [2.05, 4.69) is 5.32 Å². The Morgan fingerprint density at radius 2 is 2.29 bits per heavy atom. The summed E-state index contributed by atoms with van der Waals surface area (Å²) in [5, 5.41) is 13.6. The molecule has 0 spiro atoms. The lowest BCUT2D eigenvalue weighted by Crippen LogP contribution is -2.26. The average molecular weight is 236 g/mol. The predicted molar refractivity (Wildman–Crippen MR) is 61.2 cm³/mol. The van der Waals surface area contributed by atoms with Crippen molar-refractivity contribution in [2.45, 2.75) is 19.8 Å². The molecule has 1 N–H and O–H groups in total. The molecule has 1 aromatic rings. The number of nitro benzene ring substituents is 1. The largest absolute Gasteiger partial charge is 0.482 e. The molecule has 1 aliphatic heterocycles. The molecule has 1 aromatic carbocycles. The summed E-state index contributed by atoms with van der Waals surface area (Å²) in [4.78, 5) is 21.7. The lowest BCUT2D eigenvalue weighted by Gasteiger charge is -2.20. The summed E-state index contributed by atoms with van der Waals surface area (Å²) < 4.78 is 5.22. The highest BCUT2D eigenvalue weighted by molar-refractivity contribution is 5.97. The van der Waals surface area contributed by atoms with Crippen LogP contribution in [-0.2, 0) is 11.2 Å². The van der Waals surface area contributed by atoms with Crippen LogP contribution in [0.25, 0.3) is 0 Å². The first-order chi connectivity index (χ1) is 8.13. The molecule has 1 amide bonds. The molecule has 0 saturated heterocycles. The molecule has 0 aliphatic carbocycles. The van der Waals surface area contributed by atoms with Gasteiger partial charge in [0.2, 0.25) is 0 Å². The minimum absolute atomic E-state index is 0.0244. The monoisotopic (exact) mass is 236 g/mol. The van der Waals surface area contributed by atoms with Crippen molar-refractivity contribution in [1.29, 1.82) is 0 Å². The van der Waals surface area contributed by atoms with Crippen LogP contribution in [-0.4, -0.2) is 17.4 Å². The summed E-state index contributed by atoms with van der Waals surface area (Å²) >= 11 is 0. The molecule has 90 valence electrons. The minimum atomic E-state index is -0.438. The van der Waals surface area contributed by atoms with Gasteiger partial charge in [0.05, 0.1) is 16.2 Å². The minimum Gasteiger partial charge on any atom is -0.482 e. The molecule has 1 aliphatic rings. The Kier molecular flexibility index (Phi) is 2.95. The van der Waals surface area contributed by atoms with E-state index in [1.54, 1.807) is 0 Å². The molecule has 6 heteroatoms. The quantitative estimate of drug-likeness (QED) is 0.641. The normalized spacial score (nSPS) is 13.6. The molecule has 1 heterocycles. The van der Waals surface area contributed by atoms with Gasteiger partial charge in [-0.2, -0.15) is 0 Å². The van der Waals surface area contributed by atoms with Crippen LogP contribution in [0.2, 0.25) is 0 Å². The van der Waals surface area contributed by atoms with Gasteiger partial charge in [-0.3, -0.25) is 14.9 Å². The van der Waals surface area contributed by atoms with Crippen LogP contribution >= 0.6 is 0 Å². The maximum Gasteiger partial charge on any atom is 0.274 e. The van der Waals surface area contributed by atoms with Crippen molar-refractivity contribution >= 4 is 17.3 Å². The molecular formula is C11H12N2O4. The van der Waals surface area contributed by atoms with Gasteiger partial charge in [0.1, 0.15) is 5.75 Å². The van der Waals surface area contributed by atoms with Crippen LogP contribution in [0.5, 0.6) is 5.75 Å². The van der Waals surface area contributed by atoms with Gasteiger partial charge in [-0.05, 0) is 12.5 Å². The Labute approximate surface area is 97.7 Å². The molecule has 0 radical (unpaired) electrons. The Hall–Kier alpha value is -2.11. The second-order valence-corrected chi connectivity index (χ2v) is 3.78. The van der Waals surface area contributed by atoms with Gasteiger partial charge in [0, 0.05) is 6.07 Å². The fourth-order valence-electron chi connectivity index (χ4n) is 1.87. The van der Waals surface area contributed by atoms with Crippen LogP contribution in [0.1, 0.15) is 18.9 Å². The van der Waals surface area contributed by atoms with Gasteiger partial charge in [0.25, 0.3) is 11.6 Å². The van der Waals surface area contributed by atoms with Gasteiger partial charge in [-0.15, -0.1) is 0 Å². The molecule has 0 fully saturated rings. The molecule has 0 atom stereocenters. The van der Waals surface area contributed by atoms with E-state index in [1.807, 2.05) is 6.92 Å².